The summed E-state index contributed by atoms with van der Waals surface area (Å²) in [6, 6.07) is 12.3. The summed E-state index contributed by atoms with van der Waals surface area (Å²) in [4.78, 5) is 37.4. The molecule has 0 aliphatic carbocycles. The summed E-state index contributed by atoms with van der Waals surface area (Å²) in [6.45, 7) is -0.465. The summed E-state index contributed by atoms with van der Waals surface area (Å²) >= 11 is 12.2. The van der Waals surface area contributed by atoms with Gasteiger partial charge in [-0.15, -0.1) is 5.10 Å². The number of aliphatic hydroxyl groups is 1. The minimum absolute atomic E-state index is 0.200. The number of nitrogens with zero attached hydrogens (tertiary/aromatic N) is 3. The molecule has 0 radical (unpaired) electrons. The zero-order valence-corrected chi connectivity index (χ0v) is 21.4. The number of alkyl halides is 3. The van der Waals surface area contributed by atoms with Crippen LogP contribution in [0.4, 0.5) is 18.0 Å². The number of carbonyl (C=O) groups excluding carboxylic acids is 2. The maximum Gasteiger partial charge on any atom is 0.416 e. The molecular weight excluding hydrogens is 552 g/mol. The summed E-state index contributed by atoms with van der Waals surface area (Å²) in [5.41, 5.74) is 3.62. The number of carbonyl (C=O) groups is 2. The molecule has 14 heteroatoms. The molecule has 2 atom stereocenters. The molecule has 1 heterocycles. The molecule has 0 fully saturated rings. The molecule has 9 nitrogen and oxygen atoms in total. The van der Waals surface area contributed by atoms with Crippen molar-refractivity contribution in [3.63, 3.8) is 0 Å². The monoisotopic (exact) mass is 574 g/mol. The van der Waals surface area contributed by atoms with Crippen LogP contribution in [0.15, 0.2) is 53.3 Å². The topological polar surface area (TPSA) is 129 Å². The number of ketones is 1. The van der Waals surface area contributed by atoms with Gasteiger partial charge in [-0.2, -0.15) is 13.2 Å². The molecule has 0 saturated carbocycles. The molecule has 0 aliphatic rings. The highest BCUT2D eigenvalue weighted by molar-refractivity contribution is 6.31. The number of halogens is 5. The first-order valence-electron chi connectivity index (χ1n) is 11.1. The molecule has 3 rings (SSSR count). The van der Waals surface area contributed by atoms with E-state index in [4.69, 9.17) is 33.7 Å². The van der Waals surface area contributed by atoms with Crippen LogP contribution in [0.2, 0.25) is 10.0 Å². The number of aromatic nitrogens is 3. The van der Waals surface area contributed by atoms with Crippen molar-refractivity contribution in [1.82, 2.24) is 14.3 Å². The fraction of sp³-hybridized carbons (Fsp3) is 0.333. The number of amides is 1. The van der Waals surface area contributed by atoms with Crippen molar-refractivity contribution in [1.29, 1.82) is 0 Å². The van der Waals surface area contributed by atoms with Gasteiger partial charge in [0, 0.05) is 27.4 Å². The molecule has 0 spiro atoms. The van der Waals surface area contributed by atoms with E-state index in [0.717, 1.165) is 0 Å². The maximum absolute atomic E-state index is 13.1. The van der Waals surface area contributed by atoms with Gasteiger partial charge in [0.15, 0.2) is 17.7 Å². The first kappa shape index (κ1) is 29.2. The number of rotatable bonds is 10. The number of primary amides is 1. The van der Waals surface area contributed by atoms with Crippen LogP contribution in [-0.4, -0.2) is 50.2 Å². The lowest BCUT2D eigenvalue weighted by Gasteiger charge is -2.29. The third-order valence-electron chi connectivity index (χ3n) is 5.73. The molecule has 2 aromatic carbocycles. The molecule has 38 heavy (non-hydrogen) atoms. The molecule has 204 valence electrons. The molecule has 1 amide bonds. The Bertz CT molecular complexity index is 1370. The van der Waals surface area contributed by atoms with Crippen LogP contribution in [0.5, 0.6) is 0 Å². The number of aliphatic hydroxyl groups excluding tert-OH is 1. The summed E-state index contributed by atoms with van der Waals surface area (Å²) in [6.07, 6.45) is -9.20. The fourth-order valence-corrected chi connectivity index (χ4v) is 4.35. The Balaban J connectivity index is 1.96. The number of ether oxygens (including phenoxy) is 1. The number of nitrogens with two attached hydrogens (primary N) is 1. The first-order valence-corrected chi connectivity index (χ1v) is 11.8. The minimum atomic E-state index is -4.99. The second-order valence-corrected chi connectivity index (χ2v) is 9.65. The van der Waals surface area contributed by atoms with Crippen molar-refractivity contribution in [3.05, 3.63) is 74.6 Å². The van der Waals surface area contributed by atoms with Gasteiger partial charge >= 0.3 is 18.0 Å². The number of benzene rings is 2. The predicted octanol–water partition coefficient (Wildman–Crippen LogP) is 3.95. The van der Waals surface area contributed by atoms with Gasteiger partial charge in [-0.1, -0.05) is 48.3 Å². The lowest BCUT2D eigenvalue weighted by molar-refractivity contribution is -0.207. The second-order valence-electron chi connectivity index (χ2n) is 8.80. The van der Waals surface area contributed by atoms with E-state index in [0.29, 0.717) is 24.9 Å². The molecule has 3 aromatic rings. The van der Waals surface area contributed by atoms with Crippen molar-refractivity contribution < 1.29 is 32.6 Å². The Morgan fingerprint density at radius 2 is 1.76 bits per heavy atom. The van der Waals surface area contributed by atoms with Crippen LogP contribution in [0.1, 0.15) is 18.9 Å². The van der Waals surface area contributed by atoms with Crippen LogP contribution < -0.4 is 11.4 Å². The van der Waals surface area contributed by atoms with Crippen LogP contribution in [0.25, 0.3) is 11.4 Å². The Kier molecular flexibility index (Phi) is 8.90. The van der Waals surface area contributed by atoms with Gasteiger partial charge in [-0.05, 0) is 35.9 Å². The number of hydrogen-bond acceptors (Lipinski definition) is 6. The largest absolute Gasteiger partial charge is 0.449 e. The van der Waals surface area contributed by atoms with Gasteiger partial charge in [0.05, 0.1) is 6.54 Å². The highest BCUT2D eigenvalue weighted by Crippen LogP contribution is 2.34. The zero-order chi connectivity index (χ0) is 28.3. The minimum Gasteiger partial charge on any atom is -0.449 e. The zero-order valence-electron chi connectivity index (χ0n) is 19.9. The summed E-state index contributed by atoms with van der Waals surface area (Å²) < 4.78 is 45.5. The molecule has 0 bridgehead atoms. The average Bonchev–Trinajstić information content (AvgIpc) is 3.12. The van der Waals surface area contributed by atoms with Crippen molar-refractivity contribution in [2.75, 3.05) is 6.61 Å². The van der Waals surface area contributed by atoms with E-state index in [1.54, 1.807) is 31.2 Å². The predicted molar refractivity (Wildman–Crippen MR) is 133 cm³/mol. The van der Waals surface area contributed by atoms with Gasteiger partial charge in [0.2, 0.25) is 0 Å². The van der Waals surface area contributed by atoms with Crippen LogP contribution in [-0.2, 0) is 28.0 Å². The van der Waals surface area contributed by atoms with Gasteiger partial charge in [-0.3, -0.25) is 9.36 Å². The normalized spacial score (nSPS) is 14.1. The molecule has 0 aliphatic heterocycles. The van der Waals surface area contributed by atoms with Gasteiger partial charge in [0.1, 0.15) is 13.2 Å². The Labute approximate surface area is 224 Å². The van der Waals surface area contributed by atoms with Crippen molar-refractivity contribution in [2.45, 2.75) is 44.1 Å². The summed E-state index contributed by atoms with van der Waals surface area (Å²) in [5, 5.41) is 14.3. The highest BCUT2D eigenvalue weighted by atomic mass is 35.5. The van der Waals surface area contributed by atoms with Crippen LogP contribution in [0, 0.1) is 0 Å². The fourth-order valence-electron chi connectivity index (χ4n) is 3.86. The van der Waals surface area contributed by atoms with E-state index < -0.39 is 48.4 Å². The quantitative estimate of drug-likeness (QED) is 0.377. The lowest BCUT2D eigenvalue weighted by Crippen LogP contribution is -2.38. The molecular formula is C24H23Cl2F3N4O5. The summed E-state index contributed by atoms with van der Waals surface area (Å²) in [7, 11) is 0. The molecule has 0 saturated heterocycles. The third-order valence-corrected chi connectivity index (χ3v) is 6.31. The van der Waals surface area contributed by atoms with Gasteiger partial charge < -0.3 is 15.6 Å². The Morgan fingerprint density at radius 1 is 1.13 bits per heavy atom. The number of hydrogen-bond donors (Lipinski definition) is 2. The first-order chi connectivity index (χ1) is 17.7. The molecule has 1 aromatic heterocycles. The molecule has 0 unspecified atom stereocenters. The maximum atomic E-state index is 13.1. The van der Waals surface area contributed by atoms with Gasteiger partial charge in [-0.25, -0.2) is 14.3 Å². The lowest BCUT2D eigenvalue weighted by atomic mass is 9.78. The Morgan fingerprint density at radius 3 is 2.34 bits per heavy atom. The standard InChI is InChI=1S/C24H23Cl2F3N4O5/c1-23(13-38-21(30)36,17-4-2-3-5-18(17)26)10-16(34)11-33-22(37)32(12-19(35)24(27,28)29)20(31-33)14-6-8-15(25)9-7-14/h2-9,19,35H,10-13H2,1H3,(H2,30,36)/t19-,23-/m0/s1. The van der Waals surface area contributed by atoms with E-state index in [9.17, 15) is 32.7 Å². The smallest absolute Gasteiger partial charge is 0.416 e. The second kappa shape index (κ2) is 11.6. The van der Waals surface area contributed by atoms with E-state index in [-0.39, 0.29) is 24.4 Å². The van der Waals surface area contributed by atoms with E-state index >= 15 is 0 Å². The number of Topliss-reactive ketones (excluding diaryl/α,β-unsaturated/α-hetero) is 1. The third kappa shape index (κ3) is 6.94. The van der Waals surface area contributed by atoms with Crippen molar-refractivity contribution >= 4 is 35.1 Å². The van der Waals surface area contributed by atoms with Gasteiger partial charge in [0.25, 0.3) is 0 Å². The van der Waals surface area contributed by atoms with Crippen molar-refractivity contribution in [2.24, 2.45) is 5.73 Å². The average molecular weight is 575 g/mol. The van der Waals surface area contributed by atoms with Crippen molar-refractivity contribution in [3.8, 4) is 11.4 Å². The van der Waals surface area contributed by atoms with E-state index in [1.807, 2.05) is 0 Å². The highest BCUT2D eigenvalue weighted by Gasteiger charge is 2.39. The molecule has 3 N–H and O–H groups in total. The SMILES string of the molecule is C[C@@](COC(N)=O)(CC(=O)Cn1nc(-c2ccc(Cl)cc2)n(C[C@H](O)C(F)(F)F)c1=O)c1ccccc1Cl. The van der Waals surface area contributed by atoms with Crippen LogP contribution in [0.3, 0.4) is 0 Å². The van der Waals surface area contributed by atoms with Crippen LogP contribution >= 0.6 is 23.2 Å². The summed E-state index contributed by atoms with van der Waals surface area (Å²) in [5.74, 6) is -0.764. The van der Waals surface area contributed by atoms with E-state index in [1.165, 1.54) is 24.3 Å². The van der Waals surface area contributed by atoms with E-state index in [2.05, 4.69) is 5.10 Å². The Hall–Kier alpha value is -3.35.